The summed E-state index contributed by atoms with van der Waals surface area (Å²) in [6, 6.07) is 0. The van der Waals surface area contributed by atoms with Crippen LogP contribution in [-0.4, -0.2) is 32.5 Å². The molecule has 1 N–H and O–H groups in total. The van der Waals surface area contributed by atoms with Gasteiger partial charge in [-0.3, -0.25) is 9.69 Å². The Morgan fingerprint density at radius 3 is 3.15 bits per heavy atom. The molecule has 68 valence electrons. The number of hydrogen-bond donors (Lipinski definition) is 1. The molecule has 5 nitrogen and oxygen atoms in total. The van der Waals surface area contributed by atoms with Crippen molar-refractivity contribution in [3.63, 3.8) is 0 Å². The van der Waals surface area contributed by atoms with E-state index in [0.717, 1.165) is 11.3 Å². The lowest BCUT2D eigenvalue weighted by atomic mass is 10.3. The first kappa shape index (κ1) is 8.12. The van der Waals surface area contributed by atoms with Gasteiger partial charge in [0.2, 0.25) is 0 Å². The van der Waals surface area contributed by atoms with E-state index in [0.29, 0.717) is 13.1 Å². The van der Waals surface area contributed by atoms with Crippen molar-refractivity contribution in [2.24, 2.45) is 0 Å². The normalized spacial score (nSPS) is 15.7. The number of nitrogens with zero attached hydrogens (tertiary/aromatic N) is 3. The molecule has 1 aromatic rings. The van der Waals surface area contributed by atoms with Crippen LogP contribution in [0.25, 0.3) is 0 Å². The highest BCUT2D eigenvalue weighted by Gasteiger charge is 2.21. The smallest absolute Gasteiger partial charge is 0.317 e. The van der Waals surface area contributed by atoms with Gasteiger partial charge in [0.25, 0.3) is 0 Å². The topological polar surface area (TPSA) is 66.3 Å². The van der Waals surface area contributed by atoms with Crippen LogP contribution in [-0.2, 0) is 17.9 Å². The summed E-state index contributed by atoms with van der Waals surface area (Å²) >= 11 is 0. The maximum absolute atomic E-state index is 10.4. The van der Waals surface area contributed by atoms with Crippen LogP contribution in [0.5, 0.6) is 0 Å². The highest BCUT2D eigenvalue weighted by atomic mass is 16.4. The third kappa shape index (κ3) is 1.65. The van der Waals surface area contributed by atoms with Crippen LogP contribution in [0, 0.1) is 0 Å². The number of carbonyl (C=O) groups is 1. The molecule has 1 aromatic heterocycles. The Labute approximate surface area is 75.0 Å². The summed E-state index contributed by atoms with van der Waals surface area (Å²) in [6.07, 6.45) is 3.23. The molecule has 1 aliphatic rings. The molecule has 0 radical (unpaired) electrons. The summed E-state index contributed by atoms with van der Waals surface area (Å²) in [4.78, 5) is 20.2. The molecule has 0 saturated carbocycles. The largest absolute Gasteiger partial charge is 0.480 e. The first-order chi connectivity index (χ1) is 6.25. The van der Waals surface area contributed by atoms with E-state index in [9.17, 15) is 4.79 Å². The van der Waals surface area contributed by atoms with Crippen molar-refractivity contribution in [2.45, 2.75) is 13.1 Å². The molecular formula is C8H9N3O2. The van der Waals surface area contributed by atoms with Crippen LogP contribution in [0.4, 0.5) is 0 Å². The van der Waals surface area contributed by atoms with Crippen LogP contribution in [0.1, 0.15) is 11.3 Å². The fraction of sp³-hybridized carbons (Fsp3) is 0.375. The molecular weight excluding hydrogens is 170 g/mol. The molecule has 0 fully saturated rings. The molecule has 0 atom stereocenters. The second kappa shape index (κ2) is 3.10. The van der Waals surface area contributed by atoms with E-state index in [2.05, 4.69) is 9.97 Å². The van der Waals surface area contributed by atoms with Gasteiger partial charge < -0.3 is 5.11 Å². The van der Waals surface area contributed by atoms with Gasteiger partial charge in [-0.25, -0.2) is 9.97 Å². The van der Waals surface area contributed by atoms with E-state index in [1.807, 2.05) is 4.90 Å². The Kier molecular flexibility index (Phi) is 1.94. The Hall–Kier alpha value is -1.49. The van der Waals surface area contributed by atoms with Gasteiger partial charge in [-0.15, -0.1) is 0 Å². The van der Waals surface area contributed by atoms with Gasteiger partial charge in [-0.05, 0) is 0 Å². The lowest BCUT2D eigenvalue weighted by Gasteiger charge is -2.09. The summed E-state index contributed by atoms with van der Waals surface area (Å²) < 4.78 is 0. The van der Waals surface area contributed by atoms with Crippen molar-refractivity contribution in [3.05, 3.63) is 23.8 Å². The SMILES string of the molecule is O=C(O)CN1Cc2cncnc2C1. The monoisotopic (exact) mass is 179 g/mol. The number of carboxylic acid groups (broad SMARTS) is 1. The zero-order valence-electron chi connectivity index (χ0n) is 6.97. The van der Waals surface area contributed by atoms with Gasteiger partial charge in [0.05, 0.1) is 12.2 Å². The molecule has 13 heavy (non-hydrogen) atoms. The molecule has 2 rings (SSSR count). The van der Waals surface area contributed by atoms with Gasteiger partial charge in [0.1, 0.15) is 6.33 Å². The summed E-state index contributed by atoms with van der Waals surface area (Å²) in [6.45, 7) is 1.32. The second-order valence-corrected chi connectivity index (χ2v) is 3.03. The van der Waals surface area contributed by atoms with E-state index in [-0.39, 0.29) is 6.54 Å². The highest BCUT2D eigenvalue weighted by molar-refractivity contribution is 5.69. The Balaban J connectivity index is 2.09. The quantitative estimate of drug-likeness (QED) is 0.685. The number of hydrogen-bond acceptors (Lipinski definition) is 4. The summed E-state index contributed by atoms with van der Waals surface area (Å²) in [5.74, 6) is -0.805. The summed E-state index contributed by atoms with van der Waals surface area (Å²) in [5, 5.41) is 8.58. The molecule has 0 amide bonds. The molecule has 0 aromatic carbocycles. The van der Waals surface area contributed by atoms with Gasteiger partial charge in [-0.2, -0.15) is 0 Å². The van der Waals surface area contributed by atoms with Crippen LogP contribution in [0.15, 0.2) is 12.5 Å². The lowest BCUT2D eigenvalue weighted by Crippen LogP contribution is -2.24. The Morgan fingerprint density at radius 2 is 2.46 bits per heavy atom. The number of carboxylic acids is 1. The molecule has 0 unspecified atom stereocenters. The first-order valence-corrected chi connectivity index (χ1v) is 3.97. The number of aromatic nitrogens is 2. The fourth-order valence-corrected chi connectivity index (χ4v) is 1.47. The van der Waals surface area contributed by atoms with Crippen molar-refractivity contribution < 1.29 is 9.90 Å². The number of rotatable bonds is 2. The second-order valence-electron chi connectivity index (χ2n) is 3.03. The molecule has 0 spiro atoms. The van der Waals surface area contributed by atoms with Crippen molar-refractivity contribution in [2.75, 3.05) is 6.54 Å². The Morgan fingerprint density at radius 1 is 1.62 bits per heavy atom. The van der Waals surface area contributed by atoms with Crippen molar-refractivity contribution >= 4 is 5.97 Å². The van der Waals surface area contributed by atoms with E-state index < -0.39 is 5.97 Å². The summed E-state index contributed by atoms with van der Waals surface area (Å²) in [5.41, 5.74) is 1.97. The molecule has 0 bridgehead atoms. The zero-order valence-corrected chi connectivity index (χ0v) is 6.97. The van der Waals surface area contributed by atoms with Crippen LogP contribution < -0.4 is 0 Å². The van der Waals surface area contributed by atoms with E-state index in [1.54, 1.807) is 6.20 Å². The first-order valence-electron chi connectivity index (χ1n) is 3.97. The van der Waals surface area contributed by atoms with Crippen LogP contribution in [0.2, 0.25) is 0 Å². The van der Waals surface area contributed by atoms with Gasteiger partial charge in [-0.1, -0.05) is 0 Å². The average Bonchev–Trinajstić information content (AvgIpc) is 2.44. The van der Waals surface area contributed by atoms with E-state index in [1.165, 1.54) is 6.33 Å². The zero-order chi connectivity index (χ0) is 9.26. The predicted octanol–water partition coefficient (Wildman–Crippen LogP) is -0.123. The minimum atomic E-state index is -0.805. The van der Waals surface area contributed by atoms with Gasteiger partial charge in [0, 0.05) is 24.8 Å². The molecule has 2 heterocycles. The van der Waals surface area contributed by atoms with Gasteiger partial charge >= 0.3 is 5.97 Å². The molecule has 5 heteroatoms. The Bertz CT molecular complexity index is 315. The fourth-order valence-electron chi connectivity index (χ4n) is 1.47. The molecule has 0 aliphatic carbocycles. The van der Waals surface area contributed by atoms with Crippen LogP contribution >= 0.6 is 0 Å². The van der Waals surface area contributed by atoms with Gasteiger partial charge in [0.15, 0.2) is 0 Å². The summed E-state index contributed by atoms with van der Waals surface area (Å²) in [7, 11) is 0. The number of aliphatic carboxylic acids is 1. The third-order valence-electron chi connectivity index (χ3n) is 2.01. The third-order valence-corrected chi connectivity index (χ3v) is 2.01. The van der Waals surface area contributed by atoms with E-state index >= 15 is 0 Å². The lowest BCUT2D eigenvalue weighted by molar-refractivity contribution is -0.138. The van der Waals surface area contributed by atoms with Crippen molar-refractivity contribution in [1.82, 2.24) is 14.9 Å². The minimum absolute atomic E-state index is 0.0658. The van der Waals surface area contributed by atoms with Crippen LogP contribution in [0.3, 0.4) is 0 Å². The van der Waals surface area contributed by atoms with E-state index in [4.69, 9.17) is 5.11 Å². The standard InChI is InChI=1S/C8H9N3O2/c12-8(13)4-11-2-6-1-9-5-10-7(6)3-11/h1,5H,2-4H2,(H,12,13). The maximum atomic E-state index is 10.4. The number of fused-ring (bicyclic) bond motifs is 1. The van der Waals surface area contributed by atoms with Crippen molar-refractivity contribution in [3.8, 4) is 0 Å². The maximum Gasteiger partial charge on any atom is 0.317 e. The molecule has 0 saturated heterocycles. The highest BCUT2D eigenvalue weighted by Crippen LogP contribution is 2.18. The predicted molar refractivity (Wildman–Crippen MR) is 43.8 cm³/mol. The minimum Gasteiger partial charge on any atom is -0.480 e. The molecule has 1 aliphatic heterocycles. The van der Waals surface area contributed by atoms with Crippen molar-refractivity contribution in [1.29, 1.82) is 0 Å². The average molecular weight is 179 g/mol.